The summed E-state index contributed by atoms with van der Waals surface area (Å²) in [4.78, 5) is 2.27. The number of rotatable bonds is 4. The SMILES string of the molecule is CCN(c1c(C)cccc1C(=N)N)C(C)C. The predicted molar refractivity (Wildman–Crippen MR) is 70.4 cm³/mol. The highest BCUT2D eigenvalue weighted by molar-refractivity contribution is 6.01. The summed E-state index contributed by atoms with van der Waals surface area (Å²) in [7, 11) is 0. The molecule has 0 heterocycles. The third-order valence-corrected chi connectivity index (χ3v) is 2.78. The summed E-state index contributed by atoms with van der Waals surface area (Å²) in [6.07, 6.45) is 0. The molecule has 0 unspecified atom stereocenters. The lowest BCUT2D eigenvalue weighted by atomic mass is 10.0. The van der Waals surface area contributed by atoms with Gasteiger partial charge in [-0.15, -0.1) is 0 Å². The van der Waals surface area contributed by atoms with Crippen LogP contribution >= 0.6 is 0 Å². The number of hydrogen-bond donors (Lipinski definition) is 2. The van der Waals surface area contributed by atoms with Gasteiger partial charge in [-0.25, -0.2) is 0 Å². The second-order valence-electron chi connectivity index (χ2n) is 4.26. The molecule has 0 saturated carbocycles. The summed E-state index contributed by atoms with van der Waals surface area (Å²) >= 11 is 0. The standard InChI is InChI=1S/C13H21N3/c1-5-16(9(2)3)12-10(4)7-6-8-11(12)13(14)15/h6-9H,5H2,1-4H3,(H3,14,15). The number of nitrogens with two attached hydrogens (primary N) is 1. The highest BCUT2D eigenvalue weighted by Gasteiger charge is 2.16. The van der Waals surface area contributed by atoms with Crippen molar-refractivity contribution < 1.29 is 0 Å². The Balaban J connectivity index is 3.34. The Morgan fingerprint density at radius 1 is 1.44 bits per heavy atom. The number of nitrogens with one attached hydrogen (secondary N) is 1. The van der Waals surface area contributed by atoms with Crippen molar-refractivity contribution in [3.63, 3.8) is 0 Å². The number of hydrogen-bond acceptors (Lipinski definition) is 2. The largest absolute Gasteiger partial charge is 0.384 e. The highest BCUT2D eigenvalue weighted by Crippen LogP contribution is 2.26. The average molecular weight is 219 g/mol. The Morgan fingerprint density at radius 2 is 2.06 bits per heavy atom. The molecule has 0 fully saturated rings. The average Bonchev–Trinajstić information content (AvgIpc) is 2.20. The molecule has 1 aromatic carbocycles. The molecular formula is C13H21N3. The van der Waals surface area contributed by atoms with Crippen LogP contribution < -0.4 is 10.6 Å². The Labute approximate surface area is 97.8 Å². The molecule has 3 N–H and O–H groups in total. The minimum absolute atomic E-state index is 0.137. The zero-order chi connectivity index (χ0) is 12.3. The van der Waals surface area contributed by atoms with Gasteiger partial charge in [0.25, 0.3) is 0 Å². The molecule has 3 nitrogen and oxygen atoms in total. The van der Waals surface area contributed by atoms with Crippen LogP contribution in [0, 0.1) is 12.3 Å². The molecule has 1 aromatic rings. The highest BCUT2D eigenvalue weighted by atomic mass is 15.2. The van der Waals surface area contributed by atoms with Crippen LogP contribution in [-0.2, 0) is 0 Å². The topological polar surface area (TPSA) is 53.1 Å². The second kappa shape index (κ2) is 5.01. The molecule has 1 rings (SSSR count). The molecule has 0 aromatic heterocycles. The second-order valence-corrected chi connectivity index (χ2v) is 4.26. The Hall–Kier alpha value is -1.51. The molecule has 0 bridgehead atoms. The van der Waals surface area contributed by atoms with Crippen molar-refractivity contribution in [2.24, 2.45) is 5.73 Å². The zero-order valence-electron chi connectivity index (χ0n) is 10.5. The van der Waals surface area contributed by atoms with E-state index in [2.05, 4.69) is 38.7 Å². The molecule has 0 atom stereocenters. The van der Waals surface area contributed by atoms with Crippen LogP contribution in [0.2, 0.25) is 0 Å². The molecule has 0 aliphatic rings. The summed E-state index contributed by atoms with van der Waals surface area (Å²) in [6, 6.07) is 6.33. The van der Waals surface area contributed by atoms with E-state index in [9.17, 15) is 0 Å². The molecule has 88 valence electrons. The van der Waals surface area contributed by atoms with E-state index in [4.69, 9.17) is 11.1 Å². The van der Waals surface area contributed by atoms with Gasteiger partial charge in [0.1, 0.15) is 5.84 Å². The van der Waals surface area contributed by atoms with Gasteiger partial charge in [0.15, 0.2) is 0 Å². The number of nitrogens with zero attached hydrogens (tertiary/aromatic N) is 1. The van der Waals surface area contributed by atoms with Crippen molar-refractivity contribution in [3.8, 4) is 0 Å². The Morgan fingerprint density at radius 3 is 2.50 bits per heavy atom. The van der Waals surface area contributed by atoms with Gasteiger partial charge in [0.05, 0.1) is 5.69 Å². The van der Waals surface area contributed by atoms with Crippen LogP contribution in [0.15, 0.2) is 18.2 Å². The van der Waals surface area contributed by atoms with Gasteiger partial charge in [-0.1, -0.05) is 12.1 Å². The molecule has 0 amide bonds. The van der Waals surface area contributed by atoms with Crippen molar-refractivity contribution in [1.29, 1.82) is 5.41 Å². The van der Waals surface area contributed by atoms with Crippen molar-refractivity contribution >= 4 is 11.5 Å². The van der Waals surface area contributed by atoms with Gasteiger partial charge in [0.2, 0.25) is 0 Å². The van der Waals surface area contributed by atoms with Crippen LogP contribution in [0.5, 0.6) is 0 Å². The lowest BCUT2D eigenvalue weighted by Crippen LogP contribution is -2.33. The first-order valence-corrected chi connectivity index (χ1v) is 5.69. The van der Waals surface area contributed by atoms with Gasteiger partial charge in [0, 0.05) is 18.2 Å². The molecule has 16 heavy (non-hydrogen) atoms. The van der Waals surface area contributed by atoms with Gasteiger partial charge in [-0.2, -0.15) is 0 Å². The van der Waals surface area contributed by atoms with Crippen molar-refractivity contribution in [2.75, 3.05) is 11.4 Å². The third-order valence-electron chi connectivity index (χ3n) is 2.78. The number of amidine groups is 1. The lowest BCUT2D eigenvalue weighted by molar-refractivity contribution is 0.701. The summed E-state index contributed by atoms with van der Waals surface area (Å²) in [5.74, 6) is 0.137. The van der Waals surface area contributed by atoms with E-state index < -0.39 is 0 Å². The quantitative estimate of drug-likeness (QED) is 0.604. The van der Waals surface area contributed by atoms with E-state index in [1.165, 1.54) is 5.56 Å². The van der Waals surface area contributed by atoms with Gasteiger partial charge in [-0.05, 0) is 39.3 Å². The molecular weight excluding hydrogens is 198 g/mol. The smallest absolute Gasteiger partial charge is 0.124 e. The Kier molecular flexibility index (Phi) is 3.93. The first-order valence-electron chi connectivity index (χ1n) is 5.69. The van der Waals surface area contributed by atoms with E-state index in [-0.39, 0.29) is 5.84 Å². The number of anilines is 1. The molecule has 3 heteroatoms. The number of aryl methyl sites for hydroxylation is 1. The van der Waals surface area contributed by atoms with E-state index in [1.54, 1.807) is 0 Å². The summed E-state index contributed by atoms with van der Waals surface area (Å²) in [6.45, 7) is 9.41. The maximum atomic E-state index is 7.63. The first kappa shape index (κ1) is 12.6. The number of nitrogen functional groups attached to an aromatic ring is 1. The van der Waals surface area contributed by atoms with Crippen LogP contribution in [0.3, 0.4) is 0 Å². The molecule has 0 aliphatic carbocycles. The number of para-hydroxylation sites is 1. The molecule has 0 saturated heterocycles. The van der Waals surface area contributed by atoms with Gasteiger partial charge < -0.3 is 10.6 Å². The minimum atomic E-state index is 0.137. The first-order chi connectivity index (χ1) is 7.49. The molecule has 0 radical (unpaired) electrons. The molecule has 0 aliphatic heterocycles. The fourth-order valence-corrected chi connectivity index (χ4v) is 2.04. The number of benzene rings is 1. The molecule has 0 spiro atoms. The van der Waals surface area contributed by atoms with Crippen molar-refractivity contribution in [3.05, 3.63) is 29.3 Å². The van der Waals surface area contributed by atoms with E-state index in [0.717, 1.165) is 17.8 Å². The minimum Gasteiger partial charge on any atom is -0.384 e. The van der Waals surface area contributed by atoms with E-state index in [1.807, 2.05) is 12.1 Å². The van der Waals surface area contributed by atoms with Crippen LogP contribution in [0.1, 0.15) is 31.9 Å². The maximum Gasteiger partial charge on any atom is 0.124 e. The van der Waals surface area contributed by atoms with Crippen molar-refractivity contribution in [2.45, 2.75) is 33.7 Å². The monoisotopic (exact) mass is 219 g/mol. The zero-order valence-corrected chi connectivity index (χ0v) is 10.5. The third kappa shape index (κ3) is 2.35. The lowest BCUT2D eigenvalue weighted by Gasteiger charge is -2.31. The summed E-state index contributed by atoms with van der Waals surface area (Å²) in [5.41, 5.74) is 8.72. The van der Waals surface area contributed by atoms with Gasteiger partial charge in [-0.3, -0.25) is 5.41 Å². The van der Waals surface area contributed by atoms with Crippen LogP contribution in [0.25, 0.3) is 0 Å². The Bertz CT molecular complexity index is 383. The summed E-state index contributed by atoms with van der Waals surface area (Å²) < 4.78 is 0. The fourth-order valence-electron chi connectivity index (χ4n) is 2.04. The van der Waals surface area contributed by atoms with Gasteiger partial charge >= 0.3 is 0 Å². The normalized spacial score (nSPS) is 10.6. The summed E-state index contributed by atoms with van der Waals surface area (Å²) in [5, 5.41) is 7.63. The van der Waals surface area contributed by atoms with E-state index in [0.29, 0.717) is 6.04 Å². The van der Waals surface area contributed by atoms with Crippen molar-refractivity contribution in [1.82, 2.24) is 0 Å². The predicted octanol–water partition coefficient (Wildman–Crippen LogP) is 2.51. The van der Waals surface area contributed by atoms with Crippen LogP contribution in [0.4, 0.5) is 5.69 Å². The van der Waals surface area contributed by atoms with E-state index >= 15 is 0 Å². The maximum absolute atomic E-state index is 7.63. The van der Waals surface area contributed by atoms with Crippen LogP contribution in [-0.4, -0.2) is 18.4 Å². The fraction of sp³-hybridized carbons (Fsp3) is 0.462.